The van der Waals surface area contributed by atoms with Gasteiger partial charge in [-0.1, -0.05) is 6.07 Å². The normalized spacial score (nSPS) is 18.5. The maximum Gasteiger partial charge on any atom is 0.270 e. The van der Waals surface area contributed by atoms with Gasteiger partial charge < -0.3 is 9.88 Å². The van der Waals surface area contributed by atoms with Crippen LogP contribution < -0.4 is 0 Å². The molecule has 7 heteroatoms. The first-order valence-corrected chi connectivity index (χ1v) is 10.5. The molecule has 1 aromatic heterocycles. The molecule has 2 aromatic rings. The fourth-order valence-electron chi connectivity index (χ4n) is 3.83. The number of carbonyl (C=O) groups excluding carboxylic acids is 1. The van der Waals surface area contributed by atoms with Gasteiger partial charge in [-0.15, -0.1) is 0 Å². The first kappa shape index (κ1) is 17.3. The van der Waals surface area contributed by atoms with Crippen LogP contribution in [0.2, 0.25) is 0 Å². The minimum atomic E-state index is -3.52. The second kappa shape index (κ2) is 6.89. The summed E-state index contributed by atoms with van der Waals surface area (Å²) in [7, 11) is -3.52. The lowest BCUT2D eigenvalue weighted by atomic mass is 10.1. The van der Waals surface area contributed by atoms with Crippen LogP contribution in [0.15, 0.2) is 41.4 Å². The van der Waals surface area contributed by atoms with E-state index in [-0.39, 0.29) is 5.91 Å². The molecule has 1 fully saturated rings. The Morgan fingerprint density at radius 3 is 2.62 bits per heavy atom. The Bertz CT molecular complexity index is 906. The van der Waals surface area contributed by atoms with Gasteiger partial charge in [0.05, 0.1) is 4.90 Å². The van der Waals surface area contributed by atoms with E-state index in [9.17, 15) is 13.2 Å². The van der Waals surface area contributed by atoms with Crippen molar-refractivity contribution in [3.63, 3.8) is 0 Å². The van der Waals surface area contributed by atoms with E-state index in [1.807, 2.05) is 12.1 Å². The van der Waals surface area contributed by atoms with Gasteiger partial charge in [-0.3, -0.25) is 4.79 Å². The summed E-state index contributed by atoms with van der Waals surface area (Å²) in [5.74, 6) is -0.0771. The fourth-order valence-corrected chi connectivity index (χ4v) is 5.35. The van der Waals surface area contributed by atoms with E-state index in [1.165, 1.54) is 9.87 Å². The SMILES string of the molecule is O=C(c1ccc[nH]1)N1CCCN(S(=O)(=O)c2ccc3c(c2)CCC3)CC1. The van der Waals surface area contributed by atoms with Crippen molar-refractivity contribution in [2.45, 2.75) is 30.6 Å². The number of amides is 1. The molecule has 138 valence electrons. The first-order valence-electron chi connectivity index (χ1n) is 9.10. The largest absolute Gasteiger partial charge is 0.357 e. The number of H-pyrrole nitrogens is 1. The van der Waals surface area contributed by atoms with E-state index < -0.39 is 10.0 Å². The summed E-state index contributed by atoms with van der Waals surface area (Å²) >= 11 is 0. The number of hydrogen-bond acceptors (Lipinski definition) is 3. The van der Waals surface area contributed by atoms with Crippen LogP contribution in [0.1, 0.15) is 34.5 Å². The van der Waals surface area contributed by atoms with Crippen molar-refractivity contribution < 1.29 is 13.2 Å². The van der Waals surface area contributed by atoms with Gasteiger partial charge in [-0.25, -0.2) is 8.42 Å². The summed E-state index contributed by atoms with van der Waals surface area (Å²) in [5.41, 5.74) is 2.96. The summed E-state index contributed by atoms with van der Waals surface area (Å²) < 4.78 is 27.6. The predicted octanol–water partition coefficient (Wildman–Crippen LogP) is 2.04. The van der Waals surface area contributed by atoms with Crippen molar-refractivity contribution >= 4 is 15.9 Å². The number of aryl methyl sites for hydroxylation is 2. The summed E-state index contributed by atoms with van der Waals surface area (Å²) in [5, 5.41) is 0. The first-order chi connectivity index (χ1) is 12.6. The van der Waals surface area contributed by atoms with Crippen LogP contribution in [0.5, 0.6) is 0 Å². The third-order valence-corrected chi connectivity index (χ3v) is 7.17. The van der Waals surface area contributed by atoms with Crippen molar-refractivity contribution in [3.05, 3.63) is 53.3 Å². The number of nitrogens with one attached hydrogen (secondary N) is 1. The van der Waals surface area contributed by atoms with Crippen LogP contribution in [0.4, 0.5) is 0 Å². The predicted molar refractivity (Wildman–Crippen MR) is 98.5 cm³/mol. The van der Waals surface area contributed by atoms with Crippen molar-refractivity contribution in [2.24, 2.45) is 0 Å². The monoisotopic (exact) mass is 373 g/mol. The lowest BCUT2D eigenvalue weighted by Crippen LogP contribution is -2.37. The van der Waals surface area contributed by atoms with E-state index in [0.29, 0.717) is 43.2 Å². The number of nitrogens with zero attached hydrogens (tertiary/aromatic N) is 2. The smallest absolute Gasteiger partial charge is 0.270 e. The third kappa shape index (κ3) is 3.17. The van der Waals surface area contributed by atoms with Gasteiger partial charge in [0.25, 0.3) is 5.91 Å². The molecule has 1 saturated heterocycles. The lowest BCUT2D eigenvalue weighted by molar-refractivity contribution is 0.0759. The maximum atomic E-state index is 13.1. The number of carbonyl (C=O) groups is 1. The van der Waals surface area contributed by atoms with Crippen molar-refractivity contribution in [1.82, 2.24) is 14.2 Å². The highest BCUT2D eigenvalue weighted by molar-refractivity contribution is 7.89. The second-order valence-electron chi connectivity index (χ2n) is 6.92. The van der Waals surface area contributed by atoms with Gasteiger partial charge in [0.15, 0.2) is 0 Å². The molecule has 2 aliphatic rings. The quantitative estimate of drug-likeness (QED) is 0.895. The summed E-state index contributed by atoms with van der Waals surface area (Å²) in [4.78, 5) is 17.5. The molecule has 0 unspecified atom stereocenters. The summed E-state index contributed by atoms with van der Waals surface area (Å²) in [6, 6.07) is 9.05. The molecule has 1 aliphatic heterocycles. The molecular weight excluding hydrogens is 350 g/mol. The van der Waals surface area contributed by atoms with Crippen LogP contribution >= 0.6 is 0 Å². The maximum absolute atomic E-state index is 13.1. The highest BCUT2D eigenvalue weighted by Crippen LogP contribution is 2.26. The highest BCUT2D eigenvalue weighted by atomic mass is 32.2. The number of benzene rings is 1. The Labute approximate surface area is 153 Å². The average Bonchev–Trinajstić information content (AvgIpc) is 3.27. The van der Waals surface area contributed by atoms with Crippen LogP contribution in [-0.2, 0) is 22.9 Å². The number of sulfonamides is 1. The summed E-state index contributed by atoms with van der Waals surface area (Å²) in [6.45, 7) is 1.73. The summed E-state index contributed by atoms with van der Waals surface area (Å²) in [6.07, 6.45) is 5.44. The number of aromatic nitrogens is 1. The van der Waals surface area contributed by atoms with E-state index in [2.05, 4.69) is 4.98 Å². The molecule has 1 aromatic carbocycles. The van der Waals surface area contributed by atoms with Crippen LogP contribution in [0.25, 0.3) is 0 Å². The molecule has 6 nitrogen and oxygen atoms in total. The van der Waals surface area contributed by atoms with E-state index in [4.69, 9.17) is 0 Å². The molecule has 0 radical (unpaired) electrons. The molecule has 2 heterocycles. The average molecular weight is 373 g/mol. The molecular formula is C19H23N3O3S. The number of aromatic amines is 1. The second-order valence-corrected chi connectivity index (χ2v) is 8.86. The van der Waals surface area contributed by atoms with Gasteiger partial charge >= 0.3 is 0 Å². The van der Waals surface area contributed by atoms with E-state index >= 15 is 0 Å². The highest BCUT2D eigenvalue weighted by Gasteiger charge is 2.29. The van der Waals surface area contributed by atoms with Gasteiger partial charge in [0.2, 0.25) is 10.0 Å². The van der Waals surface area contributed by atoms with Crippen LogP contribution in [0.3, 0.4) is 0 Å². The molecule has 0 spiro atoms. The molecule has 4 rings (SSSR count). The third-order valence-electron chi connectivity index (χ3n) is 5.28. The van der Waals surface area contributed by atoms with Crippen molar-refractivity contribution in [2.75, 3.05) is 26.2 Å². The lowest BCUT2D eigenvalue weighted by Gasteiger charge is -2.22. The Hall–Kier alpha value is -2.12. The number of rotatable bonds is 3. The Balaban J connectivity index is 1.50. The van der Waals surface area contributed by atoms with Crippen LogP contribution in [-0.4, -0.2) is 54.7 Å². The molecule has 1 amide bonds. The standard InChI is InChI=1S/C19H23N3O3S/c23-19(18-6-2-9-20-18)21-10-3-11-22(13-12-21)26(24,25)17-8-7-15-4-1-5-16(15)14-17/h2,6-9,14,20H,1,3-5,10-13H2. The minimum Gasteiger partial charge on any atom is -0.357 e. The van der Waals surface area contributed by atoms with E-state index in [1.54, 1.807) is 29.3 Å². The van der Waals surface area contributed by atoms with Crippen molar-refractivity contribution in [1.29, 1.82) is 0 Å². The van der Waals surface area contributed by atoms with E-state index in [0.717, 1.165) is 24.8 Å². The Morgan fingerprint density at radius 2 is 1.81 bits per heavy atom. The number of hydrogen-bond donors (Lipinski definition) is 1. The Morgan fingerprint density at radius 1 is 0.962 bits per heavy atom. The van der Waals surface area contributed by atoms with Gasteiger partial charge in [0.1, 0.15) is 5.69 Å². The van der Waals surface area contributed by atoms with Gasteiger partial charge in [-0.2, -0.15) is 4.31 Å². The molecule has 0 saturated carbocycles. The zero-order valence-electron chi connectivity index (χ0n) is 14.6. The zero-order chi connectivity index (χ0) is 18.1. The fraction of sp³-hybridized carbons (Fsp3) is 0.421. The van der Waals surface area contributed by atoms with Crippen LogP contribution in [0, 0.1) is 0 Å². The van der Waals surface area contributed by atoms with Crippen molar-refractivity contribution in [3.8, 4) is 0 Å². The molecule has 1 aliphatic carbocycles. The van der Waals surface area contributed by atoms with Gasteiger partial charge in [-0.05, 0) is 61.1 Å². The molecule has 0 bridgehead atoms. The van der Waals surface area contributed by atoms with Gasteiger partial charge in [0, 0.05) is 32.4 Å². The minimum absolute atomic E-state index is 0.0771. The zero-order valence-corrected chi connectivity index (χ0v) is 15.5. The Kier molecular flexibility index (Phi) is 4.58. The molecule has 0 atom stereocenters. The number of fused-ring (bicyclic) bond motifs is 1. The topological polar surface area (TPSA) is 73.5 Å². The molecule has 26 heavy (non-hydrogen) atoms. The molecule has 1 N–H and O–H groups in total.